The zero-order valence-corrected chi connectivity index (χ0v) is 10.6. The Morgan fingerprint density at radius 2 is 2.28 bits per heavy atom. The molecule has 2 aromatic rings. The number of aryl methyl sites for hydroxylation is 1. The molecule has 1 fully saturated rings. The fraction of sp³-hybridized carbons (Fsp3) is 0.467. The lowest BCUT2D eigenvalue weighted by Gasteiger charge is -2.26. The SMILES string of the molecule is Cc1cccc2cc(C(O)C3CCCCN3)oc12. The summed E-state index contributed by atoms with van der Waals surface area (Å²) in [4.78, 5) is 0. The number of nitrogens with one attached hydrogen (secondary N) is 1. The van der Waals surface area contributed by atoms with E-state index in [1.165, 1.54) is 12.8 Å². The average molecular weight is 245 g/mol. The van der Waals surface area contributed by atoms with Crippen LogP contribution in [0.3, 0.4) is 0 Å². The van der Waals surface area contributed by atoms with Crippen LogP contribution in [0.1, 0.15) is 36.7 Å². The first-order chi connectivity index (χ1) is 8.75. The number of hydrogen-bond acceptors (Lipinski definition) is 3. The Balaban J connectivity index is 1.91. The van der Waals surface area contributed by atoms with Gasteiger partial charge in [0.05, 0.1) is 0 Å². The summed E-state index contributed by atoms with van der Waals surface area (Å²) in [5, 5.41) is 14.8. The van der Waals surface area contributed by atoms with Crippen LogP contribution in [0.15, 0.2) is 28.7 Å². The van der Waals surface area contributed by atoms with Gasteiger partial charge in [0.15, 0.2) is 0 Å². The van der Waals surface area contributed by atoms with E-state index in [1.54, 1.807) is 0 Å². The molecule has 96 valence electrons. The van der Waals surface area contributed by atoms with Gasteiger partial charge in [0, 0.05) is 11.4 Å². The van der Waals surface area contributed by atoms with Crippen molar-refractivity contribution >= 4 is 11.0 Å². The molecule has 0 radical (unpaired) electrons. The van der Waals surface area contributed by atoms with Crippen molar-refractivity contribution in [2.24, 2.45) is 0 Å². The Morgan fingerprint density at radius 3 is 3.00 bits per heavy atom. The normalized spacial score (nSPS) is 22.2. The minimum absolute atomic E-state index is 0.125. The van der Waals surface area contributed by atoms with Crippen molar-refractivity contribution in [3.63, 3.8) is 0 Å². The van der Waals surface area contributed by atoms with Gasteiger partial charge in [-0.25, -0.2) is 0 Å². The molecule has 1 saturated heterocycles. The maximum absolute atomic E-state index is 10.4. The predicted molar refractivity (Wildman–Crippen MR) is 71.6 cm³/mol. The van der Waals surface area contributed by atoms with Crippen LogP contribution in [0, 0.1) is 6.92 Å². The third-order valence-corrected chi connectivity index (χ3v) is 3.78. The van der Waals surface area contributed by atoms with Gasteiger partial charge in [-0.15, -0.1) is 0 Å². The van der Waals surface area contributed by atoms with Crippen molar-refractivity contribution in [2.45, 2.75) is 38.3 Å². The van der Waals surface area contributed by atoms with E-state index in [2.05, 4.69) is 5.32 Å². The molecule has 3 rings (SSSR count). The summed E-state index contributed by atoms with van der Waals surface area (Å²) in [5.74, 6) is 0.679. The highest BCUT2D eigenvalue weighted by atomic mass is 16.4. The smallest absolute Gasteiger partial charge is 0.137 e. The summed E-state index contributed by atoms with van der Waals surface area (Å²) in [6.45, 7) is 3.02. The van der Waals surface area contributed by atoms with E-state index in [0.29, 0.717) is 5.76 Å². The molecule has 2 unspecified atom stereocenters. The van der Waals surface area contributed by atoms with E-state index in [1.807, 2.05) is 31.2 Å². The van der Waals surface area contributed by atoms with Gasteiger partial charge < -0.3 is 14.8 Å². The van der Waals surface area contributed by atoms with Gasteiger partial charge in [0.25, 0.3) is 0 Å². The number of rotatable bonds is 2. The standard InChI is InChI=1S/C15H19NO2/c1-10-5-4-6-11-9-13(18-15(10)11)14(17)12-7-2-3-8-16-12/h4-6,9,12,14,16-17H,2-3,7-8H2,1H3. The van der Waals surface area contributed by atoms with Gasteiger partial charge in [0.1, 0.15) is 17.4 Å². The molecule has 2 heterocycles. The molecule has 1 aliphatic heterocycles. The van der Waals surface area contributed by atoms with Crippen LogP contribution >= 0.6 is 0 Å². The maximum atomic E-state index is 10.4. The lowest BCUT2D eigenvalue weighted by atomic mass is 9.98. The number of para-hydroxylation sites is 1. The lowest BCUT2D eigenvalue weighted by Crippen LogP contribution is -2.38. The average Bonchev–Trinajstić information content (AvgIpc) is 2.84. The number of furan rings is 1. The quantitative estimate of drug-likeness (QED) is 0.855. The van der Waals surface area contributed by atoms with E-state index >= 15 is 0 Å². The molecule has 0 aliphatic carbocycles. The molecule has 2 atom stereocenters. The van der Waals surface area contributed by atoms with Gasteiger partial charge in [-0.1, -0.05) is 24.6 Å². The third-order valence-electron chi connectivity index (χ3n) is 3.78. The summed E-state index contributed by atoms with van der Waals surface area (Å²) in [5.41, 5.74) is 2.00. The molecule has 1 aliphatic rings. The number of hydrogen-bond donors (Lipinski definition) is 2. The molecule has 1 aromatic carbocycles. The van der Waals surface area contributed by atoms with Gasteiger partial charge >= 0.3 is 0 Å². The summed E-state index contributed by atoms with van der Waals surface area (Å²) in [6, 6.07) is 8.16. The molecular formula is C15H19NO2. The highest BCUT2D eigenvalue weighted by molar-refractivity contribution is 5.80. The Kier molecular flexibility index (Phi) is 3.10. The minimum Gasteiger partial charge on any atom is -0.458 e. The summed E-state index contributed by atoms with van der Waals surface area (Å²) >= 11 is 0. The van der Waals surface area contributed by atoms with Crippen LogP contribution in [0.4, 0.5) is 0 Å². The Hall–Kier alpha value is -1.32. The molecule has 3 heteroatoms. The fourth-order valence-electron chi connectivity index (χ4n) is 2.72. The van der Waals surface area contributed by atoms with Gasteiger partial charge in [-0.05, 0) is 37.9 Å². The second-order valence-corrected chi connectivity index (χ2v) is 5.14. The van der Waals surface area contributed by atoms with Crippen LogP contribution in [-0.4, -0.2) is 17.7 Å². The monoisotopic (exact) mass is 245 g/mol. The Bertz CT molecular complexity index is 540. The molecule has 0 bridgehead atoms. The summed E-state index contributed by atoms with van der Waals surface area (Å²) in [6.07, 6.45) is 2.84. The van der Waals surface area contributed by atoms with Crippen molar-refractivity contribution in [1.29, 1.82) is 0 Å². The third kappa shape index (κ3) is 2.04. The second-order valence-electron chi connectivity index (χ2n) is 5.14. The molecule has 0 amide bonds. The molecule has 0 saturated carbocycles. The number of piperidine rings is 1. The summed E-state index contributed by atoms with van der Waals surface area (Å²) < 4.78 is 5.82. The lowest BCUT2D eigenvalue weighted by molar-refractivity contribution is 0.0940. The zero-order chi connectivity index (χ0) is 12.5. The molecule has 1 aromatic heterocycles. The maximum Gasteiger partial charge on any atom is 0.137 e. The van der Waals surface area contributed by atoms with Crippen molar-refractivity contribution in [2.75, 3.05) is 6.54 Å². The van der Waals surface area contributed by atoms with Gasteiger partial charge in [-0.3, -0.25) is 0 Å². The fourth-order valence-corrected chi connectivity index (χ4v) is 2.72. The minimum atomic E-state index is -0.544. The number of aliphatic hydroxyl groups is 1. The first-order valence-electron chi connectivity index (χ1n) is 6.66. The first kappa shape index (κ1) is 11.8. The van der Waals surface area contributed by atoms with Crippen LogP contribution in [0.2, 0.25) is 0 Å². The first-order valence-corrected chi connectivity index (χ1v) is 6.66. The van der Waals surface area contributed by atoms with E-state index in [4.69, 9.17) is 4.42 Å². The van der Waals surface area contributed by atoms with E-state index in [0.717, 1.165) is 29.5 Å². The van der Waals surface area contributed by atoms with Gasteiger partial charge in [-0.2, -0.15) is 0 Å². The molecule has 0 spiro atoms. The largest absolute Gasteiger partial charge is 0.458 e. The molecule has 2 N–H and O–H groups in total. The van der Waals surface area contributed by atoms with E-state index in [-0.39, 0.29) is 6.04 Å². The summed E-state index contributed by atoms with van der Waals surface area (Å²) in [7, 11) is 0. The molecule has 18 heavy (non-hydrogen) atoms. The van der Waals surface area contributed by atoms with Crippen molar-refractivity contribution in [1.82, 2.24) is 5.32 Å². The Morgan fingerprint density at radius 1 is 1.39 bits per heavy atom. The predicted octanol–water partition coefficient (Wildman–Crippen LogP) is 2.92. The highest BCUT2D eigenvalue weighted by Gasteiger charge is 2.25. The van der Waals surface area contributed by atoms with E-state index < -0.39 is 6.10 Å². The van der Waals surface area contributed by atoms with E-state index in [9.17, 15) is 5.11 Å². The number of aliphatic hydroxyl groups excluding tert-OH is 1. The van der Waals surface area contributed by atoms with Crippen LogP contribution < -0.4 is 5.32 Å². The van der Waals surface area contributed by atoms with Crippen molar-refractivity contribution < 1.29 is 9.52 Å². The highest BCUT2D eigenvalue weighted by Crippen LogP contribution is 2.29. The number of fused-ring (bicyclic) bond motifs is 1. The van der Waals surface area contributed by atoms with Crippen LogP contribution in [-0.2, 0) is 0 Å². The molecule has 3 nitrogen and oxygen atoms in total. The second kappa shape index (κ2) is 4.75. The number of benzene rings is 1. The van der Waals surface area contributed by atoms with Crippen LogP contribution in [0.5, 0.6) is 0 Å². The molecular weight excluding hydrogens is 226 g/mol. The Labute approximate surface area is 107 Å². The van der Waals surface area contributed by atoms with Gasteiger partial charge in [0.2, 0.25) is 0 Å². The topological polar surface area (TPSA) is 45.4 Å². The van der Waals surface area contributed by atoms with Crippen molar-refractivity contribution in [3.05, 3.63) is 35.6 Å². The zero-order valence-electron chi connectivity index (χ0n) is 10.6. The van der Waals surface area contributed by atoms with Crippen molar-refractivity contribution in [3.8, 4) is 0 Å². The van der Waals surface area contributed by atoms with Crippen LogP contribution in [0.25, 0.3) is 11.0 Å².